The molecule has 1 aliphatic heterocycles. The highest BCUT2D eigenvalue weighted by molar-refractivity contribution is 7.89. The summed E-state index contributed by atoms with van der Waals surface area (Å²) >= 11 is 0. The number of fused-ring (bicyclic) bond motifs is 1. The lowest BCUT2D eigenvalue weighted by atomic mass is 9.98. The lowest BCUT2D eigenvalue weighted by Crippen LogP contribution is -2.33. The summed E-state index contributed by atoms with van der Waals surface area (Å²) in [4.78, 5) is 0.403. The third-order valence-electron chi connectivity index (χ3n) is 5.06. The Hall–Kier alpha value is -0.910. The van der Waals surface area contributed by atoms with Gasteiger partial charge in [0, 0.05) is 19.1 Å². The van der Waals surface area contributed by atoms with E-state index in [4.69, 9.17) is 5.73 Å². The Morgan fingerprint density at radius 3 is 2.38 bits per heavy atom. The molecular weight excluding hydrogens is 284 g/mol. The Labute approximate surface area is 127 Å². The second-order valence-corrected chi connectivity index (χ2v) is 8.65. The molecule has 0 bridgehead atoms. The van der Waals surface area contributed by atoms with Crippen LogP contribution < -0.4 is 5.73 Å². The molecule has 3 atom stereocenters. The van der Waals surface area contributed by atoms with Crippen molar-refractivity contribution in [2.45, 2.75) is 43.5 Å². The van der Waals surface area contributed by atoms with E-state index >= 15 is 0 Å². The molecule has 1 saturated carbocycles. The van der Waals surface area contributed by atoms with Gasteiger partial charge in [-0.05, 0) is 48.3 Å². The second-order valence-electron chi connectivity index (χ2n) is 6.71. The van der Waals surface area contributed by atoms with E-state index in [2.05, 4.69) is 13.8 Å². The van der Waals surface area contributed by atoms with E-state index in [-0.39, 0.29) is 6.04 Å². The summed E-state index contributed by atoms with van der Waals surface area (Å²) in [5.41, 5.74) is 7.26. The van der Waals surface area contributed by atoms with Gasteiger partial charge in [-0.3, -0.25) is 0 Å². The highest BCUT2D eigenvalue weighted by Crippen LogP contribution is 2.39. The van der Waals surface area contributed by atoms with Gasteiger partial charge in [-0.2, -0.15) is 4.31 Å². The maximum absolute atomic E-state index is 12.7. The Balaban J connectivity index is 1.81. The van der Waals surface area contributed by atoms with Gasteiger partial charge in [-0.1, -0.05) is 26.0 Å². The zero-order chi connectivity index (χ0) is 15.2. The molecule has 4 nitrogen and oxygen atoms in total. The summed E-state index contributed by atoms with van der Waals surface area (Å²) in [6, 6.07) is 7.47. The van der Waals surface area contributed by atoms with E-state index in [1.54, 1.807) is 16.4 Å². The fraction of sp³-hybridized carbons (Fsp3) is 0.625. The van der Waals surface area contributed by atoms with Crippen molar-refractivity contribution in [3.05, 3.63) is 29.8 Å². The number of nitrogens with zero attached hydrogens (tertiary/aromatic N) is 1. The van der Waals surface area contributed by atoms with Gasteiger partial charge in [0.05, 0.1) is 4.90 Å². The molecule has 5 heteroatoms. The molecule has 0 amide bonds. The van der Waals surface area contributed by atoms with Crippen molar-refractivity contribution < 1.29 is 8.42 Å². The van der Waals surface area contributed by atoms with Crippen LogP contribution in [0.15, 0.2) is 29.2 Å². The summed E-state index contributed by atoms with van der Waals surface area (Å²) in [6.07, 6.45) is 2.09. The van der Waals surface area contributed by atoms with E-state index in [1.165, 1.54) is 0 Å². The molecule has 1 heterocycles. The third-order valence-corrected chi connectivity index (χ3v) is 6.91. The normalized spacial score (nSPS) is 30.0. The predicted octanol–water partition coefficient (Wildman–Crippen LogP) is 2.17. The Morgan fingerprint density at radius 2 is 1.81 bits per heavy atom. The monoisotopic (exact) mass is 308 g/mol. The van der Waals surface area contributed by atoms with Crippen molar-refractivity contribution in [1.29, 1.82) is 0 Å². The number of nitrogens with two attached hydrogens (primary N) is 1. The molecule has 3 rings (SSSR count). The topological polar surface area (TPSA) is 63.4 Å². The minimum atomic E-state index is -3.37. The predicted molar refractivity (Wildman–Crippen MR) is 83.5 cm³/mol. The SMILES string of the molecule is CC(C)c1ccc(S(=O)(=O)N2CC3CCC(N)C3C2)cc1. The second kappa shape index (κ2) is 5.38. The number of rotatable bonds is 3. The first-order valence-electron chi connectivity index (χ1n) is 7.75. The Morgan fingerprint density at radius 1 is 1.14 bits per heavy atom. The van der Waals surface area contributed by atoms with Gasteiger partial charge >= 0.3 is 0 Å². The third kappa shape index (κ3) is 2.62. The highest BCUT2D eigenvalue weighted by Gasteiger charge is 2.44. The largest absolute Gasteiger partial charge is 0.327 e. The summed E-state index contributed by atoms with van der Waals surface area (Å²) in [5.74, 6) is 1.20. The lowest BCUT2D eigenvalue weighted by Gasteiger charge is -2.19. The standard InChI is InChI=1S/C16H24N2O2S/c1-11(2)12-3-6-14(7-4-12)21(19,20)18-9-13-5-8-16(17)15(13)10-18/h3-4,6-7,11,13,15-16H,5,8-10,17H2,1-2H3. The molecule has 0 spiro atoms. The quantitative estimate of drug-likeness (QED) is 0.931. The average molecular weight is 308 g/mol. The Kier molecular flexibility index (Phi) is 3.84. The van der Waals surface area contributed by atoms with E-state index in [1.807, 2.05) is 12.1 Å². The molecule has 3 unspecified atom stereocenters. The van der Waals surface area contributed by atoms with Gasteiger partial charge in [0.2, 0.25) is 10.0 Å². The molecule has 1 aromatic rings. The Bertz CT molecular complexity index is 610. The van der Waals surface area contributed by atoms with E-state index in [9.17, 15) is 8.42 Å². The minimum Gasteiger partial charge on any atom is -0.327 e. The maximum Gasteiger partial charge on any atom is 0.243 e. The van der Waals surface area contributed by atoms with Crippen molar-refractivity contribution >= 4 is 10.0 Å². The zero-order valence-electron chi connectivity index (χ0n) is 12.7. The smallest absolute Gasteiger partial charge is 0.243 e. The first kappa shape index (κ1) is 15.0. The van der Waals surface area contributed by atoms with Crippen molar-refractivity contribution in [1.82, 2.24) is 4.31 Å². The van der Waals surface area contributed by atoms with E-state index in [0.29, 0.717) is 35.7 Å². The summed E-state index contributed by atoms with van der Waals surface area (Å²) in [7, 11) is -3.37. The molecule has 0 aromatic heterocycles. The molecule has 1 aromatic carbocycles. The van der Waals surface area contributed by atoms with Crippen LogP contribution in [0, 0.1) is 11.8 Å². The summed E-state index contributed by atoms with van der Waals surface area (Å²) in [5, 5.41) is 0. The van der Waals surface area contributed by atoms with Crippen molar-refractivity contribution in [3.8, 4) is 0 Å². The van der Waals surface area contributed by atoms with Gasteiger partial charge in [0.25, 0.3) is 0 Å². The van der Waals surface area contributed by atoms with Crippen LogP contribution in [0.1, 0.15) is 38.2 Å². The molecule has 1 saturated heterocycles. The fourth-order valence-corrected chi connectivity index (χ4v) is 5.17. The molecule has 116 valence electrons. The molecular formula is C16H24N2O2S. The molecule has 2 fully saturated rings. The van der Waals surface area contributed by atoms with E-state index in [0.717, 1.165) is 18.4 Å². The highest BCUT2D eigenvalue weighted by atomic mass is 32.2. The summed E-state index contributed by atoms with van der Waals surface area (Å²) < 4.78 is 27.1. The first-order chi connectivity index (χ1) is 9.89. The number of hydrogen-bond acceptors (Lipinski definition) is 3. The van der Waals surface area contributed by atoms with Crippen LogP contribution >= 0.6 is 0 Å². The number of benzene rings is 1. The van der Waals surface area contributed by atoms with Crippen LogP contribution in [-0.4, -0.2) is 31.9 Å². The van der Waals surface area contributed by atoms with Crippen LogP contribution in [-0.2, 0) is 10.0 Å². The van der Waals surface area contributed by atoms with Crippen LogP contribution in [0.5, 0.6) is 0 Å². The van der Waals surface area contributed by atoms with Gasteiger partial charge in [-0.25, -0.2) is 8.42 Å². The number of sulfonamides is 1. The van der Waals surface area contributed by atoms with Gasteiger partial charge in [0.1, 0.15) is 0 Å². The lowest BCUT2D eigenvalue weighted by molar-refractivity contribution is 0.427. The molecule has 2 N–H and O–H groups in total. The van der Waals surface area contributed by atoms with Crippen LogP contribution in [0.2, 0.25) is 0 Å². The van der Waals surface area contributed by atoms with Gasteiger partial charge in [-0.15, -0.1) is 0 Å². The van der Waals surface area contributed by atoms with Crippen LogP contribution in [0.25, 0.3) is 0 Å². The molecule has 2 aliphatic rings. The molecule has 0 radical (unpaired) electrons. The first-order valence-corrected chi connectivity index (χ1v) is 9.19. The van der Waals surface area contributed by atoms with Crippen LogP contribution in [0.4, 0.5) is 0 Å². The average Bonchev–Trinajstić information content (AvgIpc) is 3.02. The van der Waals surface area contributed by atoms with Gasteiger partial charge < -0.3 is 5.73 Å². The maximum atomic E-state index is 12.7. The fourth-order valence-electron chi connectivity index (χ4n) is 3.64. The van der Waals surface area contributed by atoms with Crippen LogP contribution in [0.3, 0.4) is 0 Å². The van der Waals surface area contributed by atoms with Crippen molar-refractivity contribution in [2.24, 2.45) is 17.6 Å². The van der Waals surface area contributed by atoms with Gasteiger partial charge in [0.15, 0.2) is 0 Å². The molecule has 21 heavy (non-hydrogen) atoms. The summed E-state index contributed by atoms with van der Waals surface area (Å²) in [6.45, 7) is 5.42. The van der Waals surface area contributed by atoms with Crippen molar-refractivity contribution in [2.75, 3.05) is 13.1 Å². The zero-order valence-corrected chi connectivity index (χ0v) is 13.5. The van der Waals surface area contributed by atoms with Crippen molar-refractivity contribution in [3.63, 3.8) is 0 Å². The van der Waals surface area contributed by atoms with E-state index < -0.39 is 10.0 Å². The minimum absolute atomic E-state index is 0.165. The molecule has 1 aliphatic carbocycles. The number of hydrogen-bond donors (Lipinski definition) is 1.